The summed E-state index contributed by atoms with van der Waals surface area (Å²) >= 11 is 0. The van der Waals surface area contributed by atoms with Crippen molar-refractivity contribution in [2.45, 2.75) is 50.9 Å². The number of H-pyrrole nitrogens is 1. The number of aryl methyl sites for hydroxylation is 1. The van der Waals surface area contributed by atoms with E-state index >= 15 is 0 Å². The summed E-state index contributed by atoms with van der Waals surface area (Å²) in [7, 11) is 0. The molecule has 202 valence electrons. The van der Waals surface area contributed by atoms with Gasteiger partial charge in [0.25, 0.3) is 0 Å². The molecule has 3 heterocycles. The Balaban J connectivity index is 1.12. The van der Waals surface area contributed by atoms with Gasteiger partial charge >= 0.3 is 12.1 Å². The van der Waals surface area contributed by atoms with Gasteiger partial charge in [-0.3, -0.25) is 9.69 Å². The third-order valence-corrected chi connectivity index (χ3v) is 7.57. The van der Waals surface area contributed by atoms with Crippen LogP contribution in [0.4, 0.5) is 18.9 Å². The van der Waals surface area contributed by atoms with Crippen LogP contribution in [0.15, 0.2) is 36.4 Å². The summed E-state index contributed by atoms with van der Waals surface area (Å²) in [4.78, 5) is 35.5. The van der Waals surface area contributed by atoms with Crippen molar-refractivity contribution in [3.05, 3.63) is 58.9 Å². The Kier molecular flexibility index (Phi) is 7.04. The van der Waals surface area contributed by atoms with Crippen LogP contribution in [0, 0.1) is 6.92 Å². The lowest BCUT2D eigenvalue weighted by atomic mass is 10.0. The molecule has 2 aromatic carbocycles. The number of aromatic amines is 1. The predicted octanol–water partition coefficient (Wildman–Crippen LogP) is 3.99. The van der Waals surface area contributed by atoms with Crippen molar-refractivity contribution < 1.29 is 27.9 Å². The first-order valence-electron chi connectivity index (χ1n) is 12.8. The van der Waals surface area contributed by atoms with Gasteiger partial charge < -0.3 is 20.3 Å². The minimum atomic E-state index is -4.51. The van der Waals surface area contributed by atoms with E-state index in [0.717, 1.165) is 62.8 Å². The van der Waals surface area contributed by atoms with E-state index in [0.29, 0.717) is 11.6 Å². The normalized spacial score (nSPS) is 19.3. The van der Waals surface area contributed by atoms with Gasteiger partial charge in [-0.1, -0.05) is 6.07 Å². The summed E-state index contributed by atoms with van der Waals surface area (Å²) in [5, 5.41) is 12.3. The third kappa shape index (κ3) is 5.47. The van der Waals surface area contributed by atoms with E-state index in [1.165, 1.54) is 12.1 Å². The van der Waals surface area contributed by atoms with E-state index in [4.69, 9.17) is 0 Å². The highest BCUT2D eigenvalue weighted by atomic mass is 19.4. The molecule has 2 fully saturated rings. The number of benzene rings is 2. The summed E-state index contributed by atoms with van der Waals surface area (Å²) < 4.78 is 39.8. The standard InChI is InChI=1S/C27H30F3N5O3/c1-16-13-19(5-6-20(16)26(37)38)34-11-8-18(9-12-34)35-10-7-17(15-35)31-24(36)14-23-32-22-4-2-3-21(25(22)33-23)27(28,29)30/h2-6,13,17-18H,7-12,14-15H2,1H3,(H,31,36)(H,32,33)(H,37,38)/t17-/m1/s1. The molecular weight excluding hydrogens is 499 g/mol. The van der Waals surface area contributed by atoms with Gasteiger partial charge in [-0.05, 0) is 62.1 Å². The van der Waals surface area contributed by atoms with Gasteiger partial charge in [-0.25, -0.2) is 9.78 Å². The molecule has 0 aliphatic carbocycles. The predicted molar refractivity (Wildman–Crippen MR) is 136 cm³/mol. The maximum absolute atomic E-state index is 13.3. The number of fused-ring (bicyclic) bond motifs is 1. The number of nitrogens with one attached hydrogen (secondary N) is 2. The quantitative estimate of drug-likeness (QED) is 0.447. The number of aromatic nitrogens is 2. The lowest BCUT2D eigenvalue weighted by Crippen LogP contribution is -2.45. The van der Waals surface area contributed by atoms with Crippen molar-refractivity contribution in [2.75, 3.05) is 31.1 Å². The second-order valence-electron chi connectivity index (χ2n) is 10.1. The molecule has 2 aliphatic rings. The molecule has 38 heavy (non-hydrogen) atoms. The topological polar surface area (TPSA) is 102 Å². The maximum Gasteiger partial charge on any atom is 0.418 e. The van der Waals surface area contributed by atoms with Crippen LogP contribution in [0.3, 0.4) is 0 Å². The first-order chi connectivity index (χ1) is 18.1. The van der Waals surface area contributed by atoms with Gasteiger partial charge in [0.2, 0.25) is 5.91 Å². The summed E-state index contributed by atoms with van der Waals surface area (Å²) in [6.45, 7) is 5.17. The Morgan fingerprint density at radius 3 is 2.58 bits per heavy atom. The molecule has 1 atom stereocenters. The zero-order chi connectivity index (χ0) is 27.0. The number of aromatic carboxylic acids is 1. The van der Waals surface area contributed by atoms with E-state index < -0.39 is 17.7 Å². The van der Waals surface area contributed by atoms with E-state index in [9.17, 15) is 27.9 Å². The molecule has 0 unspecified atom stereocenters. The molecular formula is C27H30F3N5O3. The fourth-order valence-electron chi connectivity index (χ4n) is 5.64. The van der Waals surface area contributed by atoms with Gasteiger partial charge in [-0.2, -0.15) is 13.2 Å². The average molecular weight is 530 g/mol. The van der Waals surface area contributed by atoms with Crippen LogP contribution in [0.5, 0.6) is 0 Å². The number of carboxylic acid groups (broad SMARTS) is 1. The highest BCUT2D eigenvalue weighted by Gasteiger charge is 2.34. The van der Waals surface area contributed by atoms with Crippen LogP contribution < -0.4 is 10.2 Å². The molecule has 2 aliphatic heterocycles. The summed E-state index contributed by atoms with van der Waals surface area (Å²) in [5.41, 5.74) is 1.37. The Morgan fingerprint density at radius 1 is 1.13 bits per heavy atom. The van der Waals surface area contributed by atoms with Crippen LogP contribution in [-0.2, 0) is 17.4 Å². The van der Waals surface area contributed by atoms with E-state index in [-0.39, 0.29) is 35.2 Å². The number of piperidine rings is 1. The van der Waals surface area contributed by atoms with Crippen LogP contribution in [-0.4, -0.2) is 70.1 Å². The monoisotopic (exact) mass is 529 g/mol. The van der Waals surface area contributed by atoms with Crippen LogP contribution in [0.1, 0.15) is 46.6 Å². The molecule has 0 bridgehead atoms. The fourth-order valence-corrected chi connectivity index (χ4v) is 5.64. The zero-order valence-electron chi connectivity index (χ0n) is 21.0. The SMILES string of the molecule is Cc1cc(N2CCC(N3CC[C@@H](NC(=O)Cc4nc5c(C(F)(F)F)cccc5[nH]4)C3)CC2)ccc1C(=O)O. The van der Waals surface area contributed by atoms with Gasteiger partial charge in [0.1, 0.15) is 11.3 Å². The molecule has 0 radical (unpaired) electrons. The second kappa shape index (κ2) is 10.3. The number of hydrogen-bond acceptors (Lipinski definition) is 5. The number of nitrogens with zero attached hydrogens (tertiary/aromatic N) is 3. The third-order valence-electron chi connectivity index (χ3n) is 7.57. The number of likely N-dealkylation sites (tertiary alicyclic amines) is 1. The molecule has 0 saturated carbocycles. The number of carbonyl (C=O) groups is 2. The lowest BCUT2D eigenvalue weighted by molar-refractivity contribution is -0.136. The number of hydrogen-bond donors (Lipinski definition) is 3. The number of anilines is 1. The minimum absolute atomic E-state index is 0.0122. The van der Waals surface area contributed by atoms with Crippen molar-refractivity contribution >= 4 is 28.6 Å². The number of amides is 1. The molecule has 3 aromatic rings. The molecule has 0 spiro atoms. The van der Waals surface area contributed by atoms with Crippen molar-refractivity contribution in [2.24, 2.45) is 0 Å². The molecule has 1 aromatic heterocycles. The molecule has 2 saturated heterocycles. The van der Waals surface area contributed by atoms with Gasteiger partial charge in [0.05, 0.1) is 23.1 Å². The van der Waals surface area contributed by atoms with Crippen LogP contribution in [0.2, 0.25) is 0 Å². The maximum atomic E-state index is 13.3. The Labute approximate surface area is 217 Å². The lowest BCUT2D eigenvalue weighted by Gasteiger charge is -2.38. The van der Waals surface area contributed by atoms with Gasteiger partial charge in [0.15, 0.2) is 0 Å². The van der Waals surface area contributed by atoms with Gasteiger partial charge in [-0.15, -0.1) is 0 Å². The van der Waals surface area contributed by atoms with Crippen LogP contribution in [0.25, 0.3) is 11.0 Å². The van der Waals surface area contributed by atoms with E-state index in [1.54, 1.807) is 6.07 Å². The largest absolute Gasteiger partial charge is 0.478 e. The molecule has 1 amide bonds. The number of carboxylic acids is 1. The van der Waals surface area contributed by atoms with Crippen molar-refractivity contribution in [3.63, 3.8) is 0 Å². The van der Waals surface area contributed by atoms with Crippen molar-refractivity contribution in [1.29, 1.82) is 0 Å². The first-order valence-corrected chi connectivity index (χ1v) is 12.8. The fraction of sp³-hybridized carbons (Fsp3) is 0.444. The van der Waals surface area contributed by atoms with E-state index in [1.807, 2.05) is 19.1 Å². The smallest absolute Gasteiger partial charge is 0.418 e. The zero-order valence-corrected chi connectivity index (χ0v) is 21.0. The average Bonchev–Trinajstić information content (AvgIpc) is 3.49. The number of alkyl halides is 3. The number of rotatable bonds is 6. The molecule has 8 nitrogen and oxygen atoms in total. The van der Waals surface area contributed by atoms with Gasteiger partial charge in [0, 0.05) is 44.0 Å². The summed E-state index contributed by atoms with van der Waals surface area (Å²) in [6, 6.07) is 9.67. The summed E-state index contributed by atoms with van der Waals surface area (Å²) in [5.74, 6) is -0.973. The molecule has 11 heteroatoms. The number of para-hydroxylation sites is 1. The second-order valence-corrected chi connectivity index (χ2v) is 10.1. The summed E-state index contributed by atoms with van der Waals surface area (Å²) in [6.07, 6.45) is -1.86. The van der Waals surface area contributed by atoms with E-state index in [2.05, 4.69) is 25.1 Å². The Morgan fingerprint density at radius 2 is 1.89 bits per heavy atom. The Hall–Kier alpha value is -3.60. The highest BCUT2D eigenvalue weighted by molar-refractivity contribution is 5.90. The highest BCUT2D eigenvalue weighted by Crippen LogP contribution is 2.34. The number of carbonyl (C=O) groups excluding carboxylic acids is 1. The molecule has 3 N–H and O–H groups in total. The first kappa shape index (κ1) is 26.0. The van der Waals surface area contributed by atoms with Crippen LogP contribution >= 0.6 is 0 Å². The Bertz CT molecular complexity index is 1350. The number of halogens is 3. The number of imidazole rings is 1. The van der Waals surface area contributed by atoms with Crippen molar-refractivity contribution in [1.82, 2.24) is 20.2 Å². The molecule has 5 rings (SSSR count). The van der Waals surface area contributed by atoms with Crippen molar-refractivity contribution in [3.8, 4) is 0 Å². The minimum Gasteiger partial charge on any atom is -0.478 e.